The fourth-order valence-electron chi connectivity index (χ4n) is 2.31. The molecule has 0 spiro atoms. The minimum absolute atomic E-state index is 0.0325. The first kappa shape index (κ1) is 17.5. The molecular weight excluding hydrogens is 264 g/mol. The zero-order valence-corrected chi connectivity index (χ0v) is 13.6. The maximum atomic E-state index is 12.1. The molecule has 0 bridgehead atoms. The van der Waals surface area contributed by atoms with E-state index < -0.39 is 0 Å². The van der Waals surface area contributed by atoms with Gasteiger partial charge in [-0.15, -0.1) is 0 Å². The summed E-state index contributed by atoms with van der Waals surface area (Å²) in [7, 11) is 1.65. The van der Waals surface area contributed by atoms with E-state index in [9.17, 15) is 4.79 Å². The fourth-order valence-corrected chi connectivity index (χ4v) is 2.31. The molecule has 0 heterocycles. The Kier molecular flexibility index (Phi) is 6.69. The Balaban J connectivity index is 2.58. The Morgan fingerprint density at radius 1 is 1.33 bits per heavy atom. The molecule has 0 aromatic heterocycles. The number of rotatable bonds is 8. The van der Waals surface area contributed by atoms with Crippen molar-refractivity contribution in [1.82, 2.24) is 5.32 Å². The Bertz CT molecular complexity index is 456. The van der Waals surface area contributed by atoms with Gasteiger partial charge < -0.3 is 15.8 Å². The zero-order valence-electron chi connectivity index (χ0n) is 13.6. The number of ether oxygens (including phenoxy) is 1. The molecule has 1 rings (SSSR count). The number of para-hydroxylation sites is 1. The van der Waals surface area contributed by atoms with E-state index in [-0.39, 0.29) is 17.4 Å². The van der Waals surface area contributed by atoms with Crippen molar-refractivity contribution in [2.75, 3.05) is 13.7 Å². The van der Waals surface area contributed by atoms with Gasteiger partial charge in [0.15, 0.2) is 0 Å². The number of hydrogen-bond donors (Lipinski definition) is 2. The van der Waals surface area contributed by atoms with Gasteiger partial charge in [-0.25, -0.2) is 0 Å². The lowest BCUT2D eigenvalue weighted by Gasteiger charge is -2.27. The van der Waals surface area contributed by atoms with Gasteiger partial charge in [-0.3, -0.25) is 4.79 Å². The van der Waals surface area contributed by atoms with Crippen LogP contribution < -0.4 is 15.8 Å². The van der Waals surface area contributed by atoms with Crippen molar-refractivity contribution in [1.29, 1.82) is 0 Å². The number of hydrogen-bond acceptors (Lipinski definition) is 3. The third-order valence-electron chi connectivity index (χ3n) is 4.21. The average molecular weight is 292 g/mol. The van der Waals surface area contributed by atoms with Gasteiger partial charge in [-0.05, 0) is 30.4 Å². The second kappa shape index (κ2) is 8.03. The maximum absolute atomic E-state index is 12.1. The van der Waals surface area contributed by atoms with Crippen LogP contribution in [0.4, 0.5) is 0 Å². The molecule has 0 fully saturated rings. The van der Waals surface area contributed by atoms with Gasteiger partial charge in [0.05, 0.1) is 7.11 Å². The van der Waals surface area contributed by atoms with Gasteiger partial charge in [0.1, 0.15) is 5.75 Å². The van der Waals surface area contributed by atoms with Crippen LogP contribution in [0.2, 0.25) is 0 Å². The van der Waals surface area contributed by atoms with Crippen molar-refractivity contribution in [3.8, 4) is 5.75 Å². The van der Waals surface area contributed by atoms with Crippen molar-refractivity contribution in [3.05, 3.63) is 29.8 Å². The van der Waals surface area contributed by atoms with E-state index in [2.05, 4.69) is 5.32 Å². The van der Waals surface area contributed by atoms with E-state index in [0.29, 0.717) is 13.0 Å². The second-order valence-electron chi connectivity index (χ2n) is 5.69. The molecule has 1 unspecified atom stereocenters. The minimum Gasteiger partial charge on any atom is -0.496 e. The quantitative estimate of drug-likeness (QED) is 0.774. The summed E-state index contributed by atoms with van der Waals surface area (Å²) in [5.41, 5.74) is 6.95. The average Bonchev–Trinajstić information content (AvgIpc) is 2.52. The molecule has 0 aliphatic carbocycles. The van der Waals surface area contributed by atoms with Crippen molar-refractivity contribution in [2.24, 2.45) is 5.73 Å². The van der Waals surface area contributed by atoms with Crippen LogP contribution in [0.25, 0.3) is 0 Å². The number of nitrogens with two attached hydrogens (primary N) is 1. The third kappa shape index (κ3) is 5.05. The highest BCUT2D eigenvalue weighted by molar-refractivity contribution is 5.77. The molecule has 4 heteroatoms. The number of carbonyl (C=O) groups is 1. The van der Waals surface area contributed by atoms with Gasteiger partial charge in [-0.1, -0.05) is 39.0 Å². The van der Waals surface area contributed by atoms with Gasteiger partial charge in [-0.2, -0.15) is 0 Å². The molecule has 0 saturated heterocycles. The molecule has 1 aromatic carbocycles. The summed E-state index contributed by atoms with van der Waals surface area (Å²) in [6.07, 6.45) is 2.14. The summed E-state index contributed by atoms with van der Waals surface area (Å²) < 4.78 is 5.35. The molecular formula is C17H28N2O2. The molecule has 0 aliphatic rings. The number of benzene rings is 1. The lowest BCUT2D eigenvalue weighted by Crippen LogP contribution is -2.49. The second-order valence-corrected chi connectivity index (χ2v) is 5.69. The first-order valence-electron chi connectivity index (χ1n) is 7.64. The highest BCUT2D eigenvalue weighted by Gasteiger charge is 2.22. The molecule has 1 aromatic rings. The number of carbonyl (C=O) groups excluding carboxylic acids is 1. The summed E-state index contributed by atoms with van der Waals surface area (Å²) in [6, 6.07) is 7.82. The molecule has 1 amide bonds. The third-order valence-corrected chi connectivity index (χ3v) is 4.21. The Hall–Kier alpha value is -1.55. The number of amides is 1. The SMILES string of the molecule is CCC(N)(CC)CNC(=O)CC(C)c1ccccc1OC. The van der Waals surface area contributed by atoms with E-state index in [0.717, 1.165) is 24.2 Å². The predicted molar refractivity (Wildman–Crippen MR) is 86.5 cm³/mol. The van der Waals surface area contributed by atoms with Crippen molar-refractivity contribution in [3.63, 3.8) is 0 Å². The smallest absolute Gasteiger partial charge is 0.220 e. The van der Waals surface area contributed by atoms with Crippen molar-refractivity contribution < 1.29 is 9.53 Å². The highest BCUT2D eigenvalue weighted by atomic mass is 16.5. The predicted octanol–water partition coefficient (Wildman–Crippen LogP) is 2.82. The van der Waals surface area contributed by atoms with Crippen LogP contribution in [0.3, 0.4) is 0 Å². The Morgan fingerprint density at radius 2 is 1.95 bits per heavy atom. The van der Waals surface area contributed by atoms with Crippen molar-refractivity contribution >= 4 is 5.91 Å². The topological polar surface area (TPSA) is 64.3 Å². The zero-order chi connectivity index (χ0) is 15.9. The van der Waals surface area contributed by atoms with Crippen LogP contribution in [0.5, 0.6) is 5.75 Å². The van der Waals surface area contributed by atoms with Gasteiger partial charge in [0, 0.05) is 18.5 Å². The van der Waals surface area contributed by atoms with Crippen LogP contribution in [-0.4, -0.2) is 25.1 Å². The molecule has 1 atom stereocenters. The van der Waals surface area contributed by atoms with Gasteiger partial charge >= 0.3 is 0 Å². The van der Waals surface area contributed by atoms with Crippen LogP contribution in [0, 0.1) is 0 Å². The molecule has 118 valence electrons. The molecule has 4 nitrogen and oxygen atoms in total. The lowest BCUT2D eigenvalue weighted by molar-refractivity contribution is -0.121. The summed E-state index contributed by atoms with van der Waals surface area (Å²) >= 11 is 0. The number of nitrogens with one attached hydrogen (secondary N) is 1. The van der Waals surface area contributed by atoms with E-state index in [4.69, 9.17) is 10.5 Å². The Morgan fingerprint density at radius 3 is 2.52 bits per heavy atom. The van der Waals surface area contributed by atoms with Crippen LogP contribution in [0.1, 0.15) is 51.5 Å². The molecule has 0 radical (unpaired) electrons. The first-order valence-corrected chi connectivity index (χ1v) is 7.64. The molecule has 3 N–H and O–H groups in total. The standard InChI is InChI=1S/C17H28N2O2/c1-5-17(18,6-2)12-19-16(20)11-13(3)14-9-7-8-10-15(14)21-4/h7-10,13H,5-6,11-12,18H2,1-4H3,(H,19,20). The normalized spacial score (nSPS) is 12.8. The number of methoxy groups -OCH3 is 1. The maximum Gasteiger partial charge on any atom is 0.220 e. The minimum atomic E-state index is -0.302. The molecule has 0 saturated carbocycles. The summed E-state index contributed by atoms with van der Waals surface area (Å²) in [4.78, 5) is 12.1. The van der Waals surface area contributed by atoms with Gasteiger partial charge in [0.2, 0.25) is 5.91 Å². The Labute approximate surface area is 128 Å². The van der Waals surface area contributed by atoms with Gasteiger partial charge in [0.25, 0.3) is 0 Å². The summed E-state index contributed by atoms with van der Waals surface area (Å²) in [5, 5.41) is 2.96. The van der Waals surface area contributed by atoms with Crippen LogP contribution >= 0.6 is 0 Å². The molecule has 21 heavy (non-hydrogen) atoms. The summed E-state index contributed by atoms with van der Waals surface area (Å²) in [6.45, 7) is 6.66. The monoisotopic (exact) mass is 292 g/mol. The largest absolute Gasteiger partial charge is 0.496 e. The lowest BCUT2D eigenvalue weighted by atomic mass is 9.93. The van der Waals surface area contributed by atoms with E-state index in [1.807, 2.05) is 45.0 Å². The van der Waals surface area contributed by atoms with Crippen LogP contribution in [-0.2, 0) is 4.79 Å². The first-order chi connectivity index (χ1) is 9.95. The van der Waals surface area contributed by atoms with Crippen molar-refractivity contribution in [2.45, 2.75) is 51.5 Å². The molecule has 0 aliphatic heterocycles. The highest BCUT2D eigenvalue weighted by Crippen LogP contribution is 2.28. The summed E-state index contributed by atoms with van der Waals surface area (Å²) in [5.74, 6) is 0.967. The van der Waals surface area contributed by atoms with E-state index in [1.54, 1.807) is 7.11 Å². The fraction of sp³-hybridized carbons (Fsp3) is 0.588. The van der Waals surface area contributed by atoms with E-state index in [1.165, 1.54) is 0 Å². The van der Waals surface area contributed by atoms with Crippen LogP contribution in [0.15, 0.2) is 24.3 Å². The van der Waals surface area contributed by atoms with E-state index >= 15 is 0 Å².